The number of allylic oxidation sites excluding steroid dienone is 6. The second kappa shape index (κ2) is 16.9. The van der Waals surface area contributed by atoms with Crippen LogP contribution in [0.25, 0.3) is 0 Å². The van der Waals surface area contributed by atoms with Gasteiger partial charge in [-0.3, -0.25) is 9.59 Å². The van der Waals surface area contributed by atoms with Gasteiger partial charge < -0.3 is 25.6 Å². The molecule has 242 valence electrons. The first-order valence-corrected chi connectivity index (χ1v) is 15.9. The van der Waals surface area contributed by atoms with E-state index in [2.05, 4.69) is 35.2 Å². The molecule has 2 amide bonds. The predicted octanol–water partition coefficient (Wildman–Crippen LogP) is 7.60. The third kappa shape index (κ3) is 9.98. The molecule has 9 heteroatoms. The standard InChI is InChI=1S/C36H48ClN5O3/c1-9-26-12-13-28-22-30(40-35(31(37)11-3)39-25(7)38-29(10-2)20-26)14-15-32(28)41-33(43)21-27-16-18-42(19-17-27)36(44)34(23(4)5)24(6)45-8/h9-11,14-15,20,22,25,27,38H,1,4,12-13,16-19,21H2,2-3,5-8H3,(H,39,40)(H,41,43)/b26-20+,29-10+,31-11+,34-24+. The number of ether oxygens (including phenoxy) is 1. The Bertz CT molecular complexity index is 1440. The predicted molar refractivity (Wildman–Crippen MR) is 187 cm³/mol. The summed E-state index contributed by atoms with van der Waals surface area (Å²) in [6.45, 7) is 18.6. The summed E-state index contributed by atoms with van der Waals surface area (Å²) in [7, 11) is 1.56. The smallest absolute Gasteiger partial charge is 0.257 e. The van der Waals surface area contributed by atoms with Crippen LogP contribution in [-0.4, -0.2) is 48.9 Å². The van der Waals surface area contributed by atoms with Crippen molar-refractivity contribution >= 4 is 40.6 Å². The van der Waals surface area contributed by atoms with E-state index in [4.69, 9.17) is 21.3 Å². The molecule has 1 unspecified atom stereocenters. The fraction of sp³-hybridized carbons (Fsp3) is 0.417. The topological polar surface area (TPSA) is 95.1 Å². The van der Waals surface area contributed by atoms with Crippen LogP contribution in [0.15, 0.2) is 93.9 Å². The van der Waals surface area contributed by atoms with E-state index >= 15 is 0 Å². The highest BCUT2D eigenvalue weighted by atomic mass is 35.5. The molecule has 8 nitrogen and oxygen atoms in total. The number of fused-ring (bicyclic) bond motifs is 2. The van der Waals surface area contributed by atoms with Crippen molar-refractivity contribution in [3.63, 3.8) is 0 Å². The number of aryl methyl sites for hydroxylation is 1. The number of likely N-dealkylation sites (tertiary alicyclic amines) is 1. The Morgan fingerprint density at radius 2 is 1.91 bits per heavy atom. The molecule has 1 atom stereocenters. The maximum Gasteiger partial charge on any atom is 0.257 e. The SMILES string of the molecule is C=C/C1=C\C(=C/C)NC(C)/N=C(\C(Cl)=C/C)Nc2ccc(NC(=O)CC3CCN(C(=O)/C(C(=C)C)=C(\C)OC)CC3)c(c2)CC1. The highest BCUT2D eigenvalue weighted by Gasteiger charge is 2.28. The Labute approximate surface area is 273 Å². The summed E-state index contributed by atoms with van der Waals surface area (Å²) in [6, 6.07) is 5.89. The molecule has 0 aromatic heterocycles. The number of rotatable bonds is 8. The molecule has 45 heavy (non-hydrogen) atoms. The molecular formula is C36H48ClN5O3. The number of hydrogen-bond acceptors (Lipinski definition) is 6. The molecule has 1 fully saturated rings. The van der Waals surface area contributed by atoms with Crippen LogP contribution in [0.4, 0.5) is 11.4 Å². The number of amidine groups is 1. The van der Waals surface area contributed by atoms with Crippen molar-refractivity contribution < 1.29 is 14.3 Å². The number of benzene rings is 1. The zero-order chi connectivity index (χ0) is 33.1. The summed E-state index contributed by atoms with van der Waals surface area (Å²) >= 11 is 6.54. The first-order chi connectivity index (χ1) is 21.5. The summed E-state index contributed by atoms with van der Waals surface area (Å²) in [6.07, 6.45) is 10.8. The van der Waals surface area contributed by atoms with E-state index < -0.39 is 0 Å². The summed E-state index contributed by atoms with van der Waals surface area (Å²) in [5.74, 6) is 1.20. The molecule has 0 radical (unpaired) electrons. The largest absolute Gasteiger partial charge is 0.501 e. The van der Waals surface area contributed by atoms with Gasteiger partial charge in [0.25, 0.3) is 5.91 Å². The number of carbonyl (C=O) groups excluding carboxylic acids is 2. The molecule has 2 bridgehead atoms. The van der Waals surface area contributed by atoms with Gasteiger partial charge in [-0.05, 0) is 107 Å². The number of hydrogen-bond donors (Lipinski definition) is 3. The Kier molecular flexibility index (Phi) is 13.3. The van der Waals surface area contributed by atoms with Crippen molar-refractivity contribution in [3.8, 4) is 0 Å². The zero-order valence-corrected chi connectivity index (χ0v) is 28.3. The van der Waals surface area contributed by atoms with E-state index in [1.807, 2.05) is 62.9 Å². The van der Waals surface area contributed by atoms with E-state index in [9.17, 15) is 9.59 Å². The zero-order valence-electron chi connectivity index (χ0n) is 27.6. The van der Waals surface area contributed by atoms with Crippen molar-refractivity contribution in [2.24, 2.45) is 10.9 Å². The third-order valence-electron chi connectivity index (χ3n) is 8.09. The molecule has 0 spiro atoms. The molecular weight excluding hydrogens is 586 g/mol. The lowest BCUT2D eigenvalue weighted by Crippen LogP contribution is -2.40. The molecule has 0 aliphatic carbocycles. The van der Waals surface area contributed by atoms with Crippen LogP contribution in [0.1, 0.15) is 65.9 Å². The maximum atomic E-state index is 13.3. The van der Waals surface area contributed by atoms with Gasteiger partial charge >= 0.3 is 0 Å². The van der Waals surface area contributed by atoms with Gasteiger partial charge in [-0.1, -0.05) is 43.0 Å². The van der Waals surface area contributed by atoms with Crippen LogP contribution in [-0.2, 0) is 20.7 Å². The van der Waals surface area contributed by atoms with Crippen molar-refractivity contribution in [2.75, 3.05) is 30.8 Å². The van der Waals surface area contributed by atoms with Crippen molar-refractivity contribution in [1.82, 2.24) is 10.2 Å². The number of methoxy groups -OCH3 is 1. The van der Waals surface area contributed by atoms with Gasteiger partial charge in [0.05, 0.1) is 17.7 Å². The monoisotopic (exact) mass is 633 g/mol. The van der Waals surface area contributed by atoms with Gasteiger partial charge in [0, 0.05) is 36.6 Å². The van der Waals surface area contributed by atoms with Crippen LogP contribution >= 0.6 is 11.6 Å². The van der Waals surface area contributed by atoms with E-state index in [-0.39, 0.29) is 23.9 Å². The second-order valence-corrected chi connectivity index (χ2v) is 11.9. The maximum absolute atomic E-state index is 13.3. The molecule has 1 aromatic carbocycles. The second-order valence-electron chi connectivity index (χ2n) is 11.5. The van der Waals surface area contributed by atoms with E-state index in [0.29, 0.717) is 53.7 Å². The molecule has 1 aromatic rings. The van der Waals surface area contributed by atoms with Crippen LogP contribution in [0.2, 0.25) is 0 Å². The highest BCUT2D eigenvalue weighted by Crippen LogP contribution is 2.28. The van der Waals surface area contributed by atoms with E-state index in [0.717, 1.165) is 47.5 Å². The summed E-state index contributed by atoms with van der Waals surface area (Å²) in [5, 5.41) is 10.5. The number of halogens is 1. The number of amides is 2. The molecule has 3 rings (SSSR count). The third-order valence-corrected chi connectivity index (χ3v) is 8.49. The Morgan fingerprint density at radius 3 is 2.51 bits per heavy atom. The Morgan fingerprint density at radius 1 is 1.20 bits per heavy atom. The first kappa shape index (κ1) is 35.4. The molecule has 2 aliphatic heterocycles. The van der Waals surface area contributed by atoms with Crippen LogP contribution in [0, 0.1) is 5.92 Å². The minimum Gasteiger partial charge on any atom is -0.501 e. The quantitative estimate of drug-likeness (QED) is 0.156. The lowest BCUT2D eigenvalue weighted by atomic mass is 9.92. The van der Waals surface area contributed by atoms with Gasteiger partial charge in [-0.15, -0.1) is 0 Å². The minimum absolute atomic E-state index is 0.0367. The summed E-state index contributed by atoms with van der Waals surface area (Å²) in [4.78, 5) is 33.1. The van der Waals surface area contributed by atoms with Crippen molar-refractivity contribution in [3.05, 3.63) is 94.4 Å². The lowest BCUT2D eigenvalue weighted by Gasteiger charge is -2.32. The summed E-state index contributed by atoms with van der Waals surface area (Å²) < 4.78 is 5.33. The minimum atomic E-state index is -0.238. The van der Waals surface area contributed by atoms with Gasteiger partial charge in [0.2, 0.25) is 5.91 Å². The normalized spacial score (nSPS) is 22.0. The van der Waals surface area contributed by atoms with Crippen molar-refractivity contribution in [1.29, 1.82) is 0 Å². The average molecular weight is 634 g/mol. The Hall–Kier alpha value is -4.04. The van der Waals surface area contributed by atoms with Gasteiger partial charge in [-0.2, -0.15) is 0 Å². The lowest BCUT2D eigenvalue weighted by molar-refractivity contribution is -0.128. The summed E-state index contributed by atoms with van der Waals surface area (Å²) in [5.41, 5.74) is 5.80. The van der Waals surface area contributed by atoms with Crippen LogP contribution < -0.4 is 16.0 Å². The number of piperidine rings is 1. The molecule has 2 aliphatic rings. The van der Waals surface area contributed by atoms with Gasteiger partial charge in [0.1, 0.15) is 17.8 Å². The van der Waals surface area contributed by atoms with Gasteiger partial charge in [0.15, 0.2) is 0 Å². The number of anilines is 2. The highest BCUT2D eigenvalue weighted by molar-refractivity contribution is 6.44. The fourth-order valence-corrected chi connectivity index (χ4v) is 5.61. The van der Waals surface area contributed by atoms with Gasteiger partial charge in [-0.25, -0.2) is 4.99 Å². The Balaban J connectivity index is 1.77. The molecule has 0 saturated carbocycles. The van der Waals surface area contributed by atoms with E-state index in [1.54, 1.807) is 20.1 Å². The molecule has 1 saturated heterocycles. The van der Waals surface area contributed by atoms with E-state index in [1.165, 1.54) is 0 Å². The van der Waals surface area contributed by atoms with Crippen molar-refractivity contribution in [2.45, 2.75) is 72.9 Å². The number of nitrogens with zero attached hydrogens (tertiary/aromatic N) is 2. The number of nitrogens with one attached hydrogen (secondary N) is 3. The van der Waals surface area contributed by atoms with Crippen LogP contribution in [0.5, 0.6) is 0 Å². The van der Waals surface area contributed by atoms with Crippen LogP contribution in [0.3, 0.4) is 0 Å². The fourth-order valence-electron chi connectivity index (χ4n) is 5.51. The average Bonchev–Trinajstić information content (AvgIpc) is 3.03. The number of carbonyl (C=O) groups is 2. The first-order valence-electron chi connectivity index (χ1n) is 15.5. The molecule has 2 heterocycles. The number of aliphatic imine (C=N–C) groups is 1. The molecule has 3 N–H and O–H groups in total.